The van der Waals surface area contributed by atoms with Crippen molar-refractivity contribution in [3.8, 4) is 0 Å². The van der Waals surface area contributed by atoms with E-state index in [-0.39, 0.29) is 12.0 Å². The summed E-state index contributed by atoms with van der Waals surface area (Å²) in [6.07, 6.45) is 2.52. The molecular formula is C16H29N3O2. The summed E-state index contributed by atoms with van der Waals surface area (Å²) >= 11 is 0. The molecule has 0 saturated heterocycles. The SMILES string of the molecule is CCc1cc(CC)n(CCC(C)(NC(C)C)C(=O)OC)n1. The molecule has 0 radical (unpaired) electrons. The molecule has 1 aromatic rings. The van der Waals surface area contributed by atoms with Gasteiger partial charge in [0.15, 0.2) is 0 Å². The van der Waals surface area contributed by atoms with Crippen LogP contribution in [-0.4, -0.2) is 34.4 Å². The molecule has 1 N–H and O–H groups in total. The predicted molar refractivity (Wildman–Crippen MR) is 84.3 cm³/mol. The van der Waals surface area contributed by atoms with Crippen molar-refractivity contribution < 1.29 is 9.53 Å². The first-order chi connectivity index (χ1) is 9.86. The zero-order valence-electron chi connectivity index (χ0n) is 14.2. The second-order valence-corrected chi connectivity index (χ2v) is 5.93. The third kappa shape index (κ3) is 4.56. The Labute approximate surface area is 128 Å². The molecule has 1 unspecified atom stereocenters. The fourth-order valence-electron chi connectivity index (χ4n) is 2.59. The lowest BCUT2D eigenvalue weighted by atomic mass is 9.96. The Morgan fingerprint density at radius 1 is 1.43 bits per heavy atom. The number of nitrogens with zero attached hydrogens (tertiary/aromatic N) is 2. The molecule has 0 aliphatic rings. The van der Waals surface area contributed by atoms with Crippen molar-refractivity contribution in [2.24, 2.45) is 0 Å². The molecule has 0 fully saturated rings. The Hall–Kier alpha value is -1.36. The zero-order valence-corrected chi connectivity index (χ0v) is 14.2. The molecule has 5 nitrogen and oxygen atoms in total. The Kier molecular flexibility index (Phi) is 6.40. The molecule has 0 aliphatic carbocycles. The number of aryl methyl sites for hydroxylation is 3. The van der Waals surface area contributed by atoms with Gasteiger partial charge in [-0.2, -0.15) is 5.10 Å². The topological polar surface area (TPSA) is 56.2 Å². The number of aromatic nitrogens is 2. The van der Waals surface area contributed by atoms with Crippen molar-refractivity contribution in [2.75, 3.05) is 7.11 Å². The van der Waals surface area contributed by atoms with Crippen molar-refractivity contribution >= 4 is 5.97 Å². The van der Waals surface area contributed by atoms with E-state index in [9.17, 15) is 4.79 Å². The lowest BCUT2D eigenvalue weighted by Gasteiger charge is -2.30. The van der Waals surface area contributed by atoms with Gasteiger partial charge in [0.25, 0.3) is 0 Å². The van der Waals surface area contributed by atoms with Gasteiger partial charge in [0.05, 0.1) is 12.8 Å². The van der Waals surface area contributed by atoms with Gasteiger partial charge in [-0.05, 0) is 46.1 Å². The second-order valence-electron chi connectivity index (χ2n) is 5.93. The van der Waals surface area contributed by atoms with Crippen LogP contribution in [0.5, 0.6) is 0 Å². The first kappa shape index (κ1) is 17.7. The number of hydrogen-bond acceptors (Lipinski definition) is 4. The van der Waals surface area contributed by atoms with Crippen LogP contribution in [0.15, 0.2) is 6.07 Å². The molecule has 21 heavy (non-hydrogen) atoms. The fraction of sp³-hybridized carbons (Fsp3) is 0.750. The van der Waals surface area contributed by atoms with Crippen LogP contribution in [0.4, 0.5) is 0 Å². The van der Waals surface area contributed by atoms with Crippen LogP contribution in [0, 0.1) is 0 Å². The number of carbonyl (C=O) groups is 1. The number of nitrogens with one attached hydrogen (secondary N) is 1. The van der Waals surface area contributed by atoms with Crippen LogP contribution >= 0.6 is 0 Å². The van der Waals surface area contributed by atoms with E-state index in [4.69, 9.17) is 4.74 Å². The minimum Gasteiger partial charge on any atom is -0.468 e. The van der Waals surface area contributed by atoms with E-state index in [1.165, 1.54) is 12.8 Å². The van der Waals surface area contributed by atoms with Gasteiger partial charge >= 0.3 is 5.97 Å². The normalized spacial score (nSPS) is 14.2. The van der Waals surface area contributed by atoms with Crippen LogP contribution in [0.1, 0.15) is 52.4 Å². The lowest BCUT2D eigenvalue weighted by Crippen LogP contribution is -2.53. The maximum Gasteiger partial charge on any atom is 0.325 e. The van der Waals surface area contributed by atoms with Gasteiger partial charge < -0.3 is 4.74 Å². The third-order valence-corrected chi connectivity index (χ3v) is 3.71. The Morgan fingerprint density at radius 2 is 2.10 bits per heavy atom. The van der Waals surface area contributed by atoms with Crippen LogP contribution in [0.2, 0.25) is 0 Å². The highest BCUT2D eigenvalue weighted by Gasteiger charge is 2.34. The predicted octanol–water partition coefficient (Wildman–Crippen LogP) is 2.33. The van der Waals surface area contributed by atoms with Crippen molar-refractivity contribution in [2.45, 2.75) is 72.0 Å². The van der Waals surface area contributed by atoms with E-state index in [0.29, 0.717) is 13.0 Å². The van der Waals surface area contributed by atoms with E-state index >= 15 is 0 Å². The Bertz CT molecular complexity index is 468. The molecule has 120 valence electrons. The second kappa shape index (κ2) is 7.59. The molecule has 1 aromatic heterocycles. The molecule has 0 aromatic carbocycles. The smallest absolute Gasteiger partial charge is 0.325 e. The third-order valence-electron chi connectivity index (χ3n) is 3.71. The van der Waals surface area contributed by atoms with Gasteiger partial charge in [-0.1, -0.05) is 13.8 Å². The molecule has 0 saturated carbocycles. The summed E-state index contributed by atoms with van der Waals surface area (Å²) in [7, 11) is 1.43. The first-order valence-corrected chi connectivity index (χ1v) is 7.78. The standard InChI is InChI=1S/C16H29N3O2/c1-7-13-11-14(8-2)19(18-13)10-9-16(5,15(20)21-6)17-12(3)4/h11-12,17H,7-10H2,1-6H3. The highest BCUT2D eigenvalue weighted by atomic mass is 16.5. The number of ether oxygens (including phenoxy) is 1. The number of methoxy groups -OCH3 is 1. The summed E-state index contributed by atoms with van der Waals surface area (Å²) in [5.41, 5.74) is 1.62. The van der Waals surface area contributed by atoms with E-state index < -0.39 is 5.54 Å². The van der Waals surface area contributed by atoms with Gasteiger partial charge in [0.2, 0.25) is 0 Å². The van der Waals surface area contributed by atoms with Gasteiger partial charge in [0.1, 0.15) is 5.54 Å². The number of hydrogen-bond donors (Lipinski definition) is 1. The fourth-order valence-corrected chi connectivity index (χ4v) is 2.59. The van der Waals surface area contributed by atoms with Gasteiger partial charge in [0, 0.05) is 18.3 Å². The van der Waals surface area contributed by atoms with E-state index in [0.717, 1.165) is 18.5 Å². The minimum atomic E-state index is -0.688. The molecule has 0 aliphatic heterocycles. The minimum absolute atomic E-state index is 0.212. The summed E-state index contributed by atoms with van der Waals surface area (Å²) < 4.78 is 6.97. The number of rotatable bonds is 8. The van der Waals surface area contributed by atoms with Crippen LogP contribution < -0.4 is 5.32 Å². The first-order valence-electron chi connectivity index (χ1n) is 7.78. The van der Waals surface area contributed by atoms with Gasteiger partial charge in [-0.25, -0.2) is 0 Å². The largest absolute Gasteiger partial charge is 0.468 e. The van der Waals surface area contributed by atoms with Crippen LogP contribution in [-0.2, 0) is 28.9 Å². The molecular weight excluding hydrogens is 266 g/mol. The number of carbonyl (C=O) groups excluding carboxylic acids is 1. The Balaban J connectivity index is 2.86. The highest BCUT2D eigenvalue weighted by molar-refractivity contribution is 5.80. The lowest BCUT2D eigenvalue weighted by molar-refractivity contribution is -0.148. The van der Waals surface area contributed by atoms with Crippen LogP contribution in [0.25, 0.3) is 0 Å². The average Bonchev–Trinajstić information content (AvgIpc) is 2.86. The van der Waals surface area contributed by atoms with Crippen molar-refractivity contribution in [3.63, 3.8) is 0 Å². The quantitative estimate of drug-likeness (QED) is 0.748. The van der Waals surface area contributed by atoms with E-state index in [2.05, 4.69) is 30.3 Å². The van der Waals surface area contributed by atoms with Gasteiger partial charge in [-0.15, -0.1) is 0 Å². The van der Waals surface area contributed by atoms with E-state index in [1.807, 2.05) is 25.5 Å². The molecule has 0 spiro atoms. The molecule has 1 rings (SSSR count). The summed E-state index contributed by atoms with van der Waals surface area (Å²) in [6.45, 7) is 10.9. The maximum absolute atomic E-state index is 12.1. The molecule has 0 bridgehead atoms. The summed E-state index contributed by atoms with van der Waals surface area (Å²) in [4.78, 5) is 12.1. The van der Waals surface area contributed by atoms with Crippen molar-refractivity contribution in [1.29, 1.82) is 0 Å². The molecule has 5 heteroatoms. The average molecular weight is 295 g/mol. The summed E-state index contributed by atoms with van der Waals surface area (Å²) in [5, 5.41) is 7.92. The van der Waals surface area contributed by atoms with Crippen LogP contribution in [0.3, 0.4) is 0 Å². The van der Waals surface area contributed by atoms with E-state index in [1.54, 1.807) is 0 Å². The van der Waals surface area contributed by atoms with Crippen molar-refractivity contribution in [3.05, 3.63) is 17.5 Å². The highest BCUT2D eigenvalue weighted by Crippen LogP contribution is 2.16. The monoisotopic (exact) mass is 295 g/mol. The van der Waals surface area contributed by atoms with Gasteiger partial charge in [-0.3, -0.25) is 14.8 Å². The Morgan fingerprint density at radius 3 is 2.57 bits per heavy atom. The van der Waals surface area contributed by atoms with Crippen molar-refractivity contribution in [1.82, 2.24) is 15.1 Å². The molecule has 0 amide bonds. The molecule has 1 heterocycles. The summed E-state index contributed by atoms with van der Waals surface area (Å²) in [5.74, 6) is -0.225. The summed E-state index contributed by atoms with van der Waals surface area (Å²) in [6, 6.07) is 2.36. The molecule has 1 atom stereocenters. The maximum atomic E-state index is 12.1. The number of esters is 1. The zero-order chi connectivity index (χ0) is 16.0.